The highest BCUT2D eigenvalue weighted by Crippen LogP contribution is 2.32. The molecule has 35 heavy (non-hydrogen) atoms. The Hall–Kier alpha value is -4.14. The average Bonchev–Trinajstić information content (AvgIpc) is 3.33. The van der Waals surface area contributed by atoms with Crippen molar-refractivity contribution in [1.82, 2.24) is 19.7 Å². The van der Waals surface area contributed by atoms with Crippen LogP contribution in [0.5, 0.6) is 0 Å². The molecule has 1 fully saturated rings. The fourth-order valence-corrected chi connectivity index (χ4v) is 4.19. The van der Waals surface area contributed by atoms with Crippen molar-refractivity contribution in [2.45, 2.75) is 23.8 Å². The van der Waals surface area contributed by atoms with Crippen LogP contribution >= 0.6 is 0 Å². The van der Waals surface area contributed by atoms with Gasteiger partial charge in [-0.05, 0) is 18.2 Å². The fraction of sp³-hybridized carbons (Fsp3) is 0.250. The molecule has 0 aliphatic carbocycles. The summed E-state index contributed by atoms with van der Waals surface area (Å²) in [7, 11) is -4.60. The van der Waals surface area contributed by atoms with Crippen molar-refractivity contribution in [1.29, 1.82) is 0 Å². The van der Waals surface area contributed by atoms with E-state index in [1.54, 1.807) is 17.2 Å². The van der Waals surface area contributed by atoms with Crippen LogP contribution in [0.25, 0.3) is 5.69 Å². The first kappa shape index (κ1) is 24.0. The highest BCUT2D eigenvalue weighted by molar-refractivity contribution is 7.87. The van der Waals surface area contributed by atoms with Gasteiger partial charge in [0.1, 0.15) is 5.82 Å². The Morgan fingerprint density at radius 3 is 2.54 bits per heavy atom. The second kappa shape index (κ2) is 9.25. The highest BCUT2D eigenvalue weighted by atomic mass is 32.2. The number of amides is 2. The summed E-state index contributed by atoms with van der Waals surface area (Å²) < 4.78 is 57.0. The maximum Gasteiger partial charge on any atom is 0.420 e. The monoisotopic (exact) mass is 507 g/mol. The van der Waals surface area contributed by atoms with E-state index in [1.807, 2.05) is 0 Å². The molecule has 15 heteroatoms. The minimum atomic E-state index is -4.60. The number of aromatic nitrogens is 4. The summed E-state index contributed by atoms with van der Waals surface area (Å²) in [6.45, 7) is -0.0208. The number of hydrogen-bond donors (Lipinski definition) is 2. The molecule has 1 saturated heterocycles. The van der Waals surface area contributed by atoms with Crippen LogP contribution in [-0.4, -0.2) is 59.2 Å². The van der Waals surface area contributed by atoms with Crippen LogP contribution in [0.3, 0.4) is 0 Å². The summed E-state index contributed by atoms with van der Waals surface area (Å²) >= 11 is 0. The van der Waals surface area contributed by atoms with Crippen molar-refractivity contribution in [3.05, 3.63) is 54.6 Å². The number of alkyl halides is 2. The van der Waals surface area contributed by atoms with E-state index in [4.69, 9.17) is 5.73 Å². The molecule has 0 atom stereocenters. The van der Waals surface area contributed by atoms with Gasteiger partial charge in [0.05, 0.1) is 17.4 Å². The predicted molar refractivity (Wildman–Crippen MR) is 118 cm³/mol. The Kier molecular flexibility index (Phi) is 6.34. The maximum absolute atomic E-state index is 13.7. The van der Waals surface area contributed by atoms with Crippen LogP contribution in [0.15, 0.2) is 54.1 Å². The quantitative estimate of drug-likeness (QED) is 0.475. The molecule has 0 bridgehead atoms. The normalized spacial score (nSPS) is 15.4. The van der Waals surface area contributed by atoms with Crippen LogP contribution in [-0.2, 0) is 14.3 Å². The van der Waals surface area contributed by atoms with Crippen molar-refractivity contribution in [2.24, 2.45) is 5.73 Å². The molecule has 0 saturated carbocycles. The van der Waals surface area contributed by atoms with Gasteiger partial charge < -0.3 is 20.1 Å². The molecule has 3 aromatic heterocycles. The van der Waals surface area contributed by atoms with Gasteiger partial charge in [-0.3, -0.25) is 4.79 Å². The molecule has 0 unspecified atom stereocenters. The van der Waals surface area contributed by atoms with E-state index < -0.39 is 33.1 Å². The largest absolute Gasteiger partial charge is 0.420 e. The molecule has 2 amide bonds. The Morgan fingerprint density at radius 1 is 1.14 bits per heavy atom. The highest BCUT2D eigenvalue weighted by Gasteiger charge is 2.35. The predicted octanol–water partition coefficient (Wildman–Crippen LogP) is 1.93. The summed E-state index contributed by atoms with van der Waals surface area (Å²) in [5.41, 5.74) is 5.27. The Balaban J connectivity index is 1.66. The fourth-order valence-electron chi connectivity index (χ4n) is 3.43. The number of nitrogens with zero attached hydrogens (tertiary/aromatic N) is 5. The van der Waals surface area contributed by atoms with Gasteiger partial charge in [0, 0.05) is 56.3 Å². The number of halogens is 2. The summed E-state index contributed by atoms with van der Waals surface area (Å²) in [6.07, 6.45) is 3.40. The van der Waals surface area contributed by atoms with Crippen molar-refractivity contribution < 1.29 is 31.0 Å². The molecule has 0 radical (unpaired) electrons. The zero-order valence-electron chi connectivity index (χ0n) is 18.0. The molecule has 1 aliphatic rings. The zero-order chi connectivity index (χ0) is 25.2. The molecular formula is C20H19F2N7O5S. The molecule has 4 heterocycles. The average molecular weight is 507 g/mol. The lowest BCUT2D eigenvalue weighted by molar-refractivity contribution is -0.0221. The SMILES string of the molecule is NC(=O)OS(=O)(=O)c1cc(NC(=O)c2cc(-n3cccn3)cnc2N2CCC(F)(F)CC2)ccn1. The van der Waals surface area contributed by atoms with Crippen LogP contribution in [0.1, 0.15) is 23.2 Å². The van der Waals surface area contributed by atoms with E-state index in [0.717, 1.165) is 12.3 Å². The minimum absolute atomic E-state index is 0.0104. The van der Waals surface area contributed by atoms with E-state index in [1.165, 1.54) is 29.2 Å². The second-order valence-electron chi connectivity index (χ2n) is 7.55. The lowest BCUT2D eigenvalue weighted by Crippen LogP contribution is -2.40. The van der Waals surface area contributed by atoms with Crippen LogP contribution < -0.4 is 16.0 Å². The number of carbonyl (C=O) groups is 2. The molecule has 0 spiro atoms. The number of pyridine rings is 2. The van der Waals surface area contributed by atoms with Gasteiger partial charge in [-0.25, -0.2) is 28.2 Å². The molecular weight excluding hydrogens is 488 g/mol. The molecule has 12 nitrogen and oxygen atoms in total. The van der Waals surface area contributed by atoms with Gasteiger partial charge in [-0.15, -0.1) is 0 Å². The minimum Gasteiger partial charge on any atom is -0.356 e. The van der Waals surface area contributed by atoms with E-state index in [9.17, 15) is 26.8 Å². The standard InChI is InChI=1S/C20H19F2N7O5S/c21-20(22)3-8-28(9-4-20)17-15(11-14(12-25-17)29-7-1-5-26-29)18(30)27-13-2-6-24-16(10-13)35(32,33)34-19(23)31/h1-2,5-7,10-12H,3-4,8-9H2,(H2,23,31)(H,24,27,30). The lowest BCUT2D eigenvalue weighted by Gasteiger charge is -2.33. The molecule has 1 aliphatic heterocycles. The van der Waals surface area contributed by atoms with Crippen molar-refractivity contribution in [3.8, 4) is 5.69 Å². The Bertz CT molecular complexity index is 1360. The number of nitrogens with two attached hydrogens (primary N) is 1. The third kappa shape index (κ3) is 5.51. The van der Waals surface area contributed by atoms with E-state index in [-0.39, 0.29) is 43.0 Å². The molecule has 3 N–H and O–H groups in total. The van der Waals surface area contributed by atoms with Gasteiger partial charge in [-0.1, -0.05) is 0 Å². The van der Waals surface area contributed by atoms with Gasteiger partial charge in [0.15, 0.2) is 5.03 Å². The summed E-state index contributed by atoms with van der Waals surface area (Å²) in [6, 6.07) is 5.45. The number of carbonyl (C=O) groups excluding carboxylic acids is 2. The Labute approximate surface area is 197 Å². The van der Waals surface area contributed by atoms with Crippen molar-refractivity contribution in [2.75, 3.05) is 23.3 Å². The van der Waals surface area contributed by atoms with Crippen LogP contribution in [0.4, 0.5) is 25.1 Å². The van der Waals surface area contributed by atoms with Gasteiger partial charge >= 0.3 is 16.2 Å². The van der Waals surface area contributed by atoms with Crippen molar-refractivity contribution >= 4 is 33.6 Å². The van der Waals surface area contributed by atoms with Crippen LogP contribution in [0.2, 0.25) is 0 Å². The van der Waals surface area contributed by atoms with Gasteiger partial charge in [0.25, 0.3) is 11.8 Å². The molecule has 4 rings (SSSR count). The molecule has 0 aromatic carbocycles. The van der Waals surface area contributed by atoms with Gasteiger partial charge in [0.2, 0.25) is 0 Å². The summed E-state index contributed by atoms with van der Waals surface area (Å²) in [5.74, 6) is -3.29. The first-order valence-electron chi connectivity index (χ1n) is 10.2. The maximum atomic E-state index is 13.7. The number of anilines is 2. The Morgan fingerprint density at radius 2 is 1.89 bits per heavy atom. The number of rotatable bonds is 6. The first-order valence-corrected chi connectivity index (χ1v) is 11.6. The number of piperidine rings is 1. The van der Waals surface area contributed by atoms with E-state index in [2.05, 4.69) is 24.6 Å². The van der Waals surface area contributed by atoms with Crippen LogP contribution in [0, 0.1) is 0 Å². The van der Waals surface area contributed by atoms with E-state index in [0.29, 0.717) is 5.69 Å². The van der Waals surface area contributed by atoms with E-state index >= 15 is 0 Å². The summed E-state index contributed by atoms with van der Waals surface area (Å²) in [5, 5.41) is 5.98. The first-order chi connectivity index (χ1) is 16.5. The van der Waals surface area contributed by atoms with Crippen molar-refractivity contribution in [3.63, 3.8) is 0 Å². The topological polar surface area (TPSA) is 162 Å². The third-order valence-electron chi connectivity index (χ3n) is 5.10. The molecule has 3 aromatic rings. The number of nitrogens with one attached hydrogen (secondary N) is 1. The number of hydrogen-bond acceptors (Lipinski definition) is 9. The third-order valence-corrected chi connectivity index (χ3v) is 6.22. The zero-order valence-corrected chi connectivity index (χ0v) is 18.8. The molecule has 184 valence electrons. The van der Waals surface area contributed by atoms with Gasteiger partial charge in [-0.2, -0.15) is 13.5 Å². The number of primary amides is 1. The summed E-state index contributed by atoms with van der Waals surface area (Å²) in [4.78, 5) is 33.6. The smallest absolute Gasteiger partial charge is 0.356 e. The second-order valence-corrected chi connectivity index (χ2v) is 9.04. The lowest BCUT2D eigenvalue weighted by atomic mass is 10.1.